The summed E-state index contributed by atoms with van der Waals surface area (Å²) in [5.41, 5.74) is 2.87. The largest absolute Gasteiger partial charge is 0.338 e. The number of hydrogen-bond acceptors (Lipinski definition) is 5. The second-order valence-corrected chi connectivity index (χ2v) is 6.31. The summed E-state index contributed by atoms with van der Waals surface area (Å²) in [7, 11) is 0. The molecule has 2 aromatic heterocycles. The highest BCUT2D eigenvalue weighted by Gasteiger charge is 2.26. The van der Waals surface area contributed by atoms with Crippen molar-refractivity contribution in [3.63, 3.8) is 0 Å². The van der Waals surface area contributed by atoms with Crippen molar-refractivity contribution in [1.29, 1.82) is 0 Å². The molecule has 8 heteroatoms. The van der Waals surface area contributed by atoms with Crippen LogP contribution in [-0.4, -0.2) is 54.3 Å². The summed E-state index contributed by atoms with van der Waals surface area (Å²) >= 11 is 0. The zero-order valence-corrected chi connectivity index (χ0v) is 13.7. The molecule has 1 aromatic carbocycles. The van der Waals surface area contributed by atoms with E-state index in [2.05, 4.69) is 25.7 Å². The molecule has 25 heavy (non-hydrogen) atoms. The predicted molar refractivity (Wildman–Crippen MR) is 89.8 cm³/mol. The molecule has 0 spiro atoms. The standard InChI is InChI=1S/C17H19N7O/c25-17(23-9-1-2-15(11-23)16-7-8-18-20-16)14-5-3-13(4-6-14)10-24-12-19-21-22-24/h3-8,12,15H,1-2,9-11H2,(H,18,20)/t15-/m1/s1. The number of nitrogens with zero attached hydrogens (tertiary/aromatic N) is 6. The van der Waals surface area contributed by atoms with Gasteiger partial charge in [0.15, 0.2) is 0 Å². The fraction of sp³-hybridized carbons (Fsp3) is 0.353. The molecule has 1 fully saturated rings. The van der Waals surface area contributed by atoms with E-state index in [0.717, 1.165) is 37.2 Å². The molecule has 8 nitrogen and oxygen atoms in total. The van der Waals surface area contributed by atoms with Crippen molar-refractivity contribution in [1.82, 2.24) is 35.3 Å². The fourth-order valence-corrected chi connectivity index (χ4v) is 3.28. The second-order valence-electron chi connectivity index (χ2n) is 6.31. The van der Waals surface area contributed by atoms with Gasteiger partial charge in [0.2, 0.25) is 0 Å². The van der Waals surface area contributed by atoms with Crippen LogP contribution in [0.15, 0.2) is 42.9 Å². The van der Waals surface area contributed by atoms with Crippen LogP contribution in [-0.2, 0) is 6.54 Å². The van der Waals surface area contributed by atoms with Crippen molar-refractivity contribution < 1.29 is 4.79 Å². The number of aromatic amines is 1. The topological polar surface area (TPSA) is 92.6 Å². The van der Waals surface area contributed by atoms with Crippen LogP contribution in [0.4, 0.5) is 0 Å². The van der Waals surface area contributed by atoms with Crippen LogP contribution in [0, 0.1) is 0 Å². The van der Waals surface area contributed by atoms with Gasteiger partial charge in [-0.15, -0.1) is 5.10 Å². The van der Waals surface area contributed by atoms with Gasteiger partial charge in [-0.05, 0) is 47.0 Å². The number of piperidine rings is 1. The van der Waals surface area contributed by atoms with E-state index < -0.39 is 0 Å². The van der Waals surface area contributed by atoms with Gasteiger partial charge in [-0.2, -0.15) is 5.10 Å². The van der Waals surface area contributed by atoms with E-state index >= 15 is 0 Å². The molecule has 0 unspecified atom stereocenters. The Kier molecular flexibility index (Phi) is 4.24. The summed E-state index contributed by atoms with van der Waals surface area (Å²) in [4.78, 5) is 14.7. The highest BCUT2D eigenvalue weighted by atomic mass is 16.2. The summed E-state index contributed by atoms with van der Waals surface area (Å²) in [5, 5.41) is 18.1. The lowest BCUT2D eigenvalue weighted by atomic mass is 9.94. The number of rotatable bonds is 4. The summed E-state index contributed by atoms with van der Waals surface area (Å²) in [6, 6.07) is 9.65. The van der Waals surface area contributed by atoms with Crippen LogP contribution in [0.1, 0.15) is 40.4 Å². The highest BCUT2D eigenvalue weighted by molar-refractivity contribution is 5.94. The summed E-state index contributed by atoms with van der Waals surface area (Å²) < 4.78 is 1.65. The zero-order chi connectivity index (χ0) is 17.1. The van der Waals surface area contributed by atoms with Gasteiger partial charge in [0.1, 0.15) is 6.33 Å². The Morgan fingerprint density at radius 2 is 2.12 bits per heavy atom. The number of amides is 1. The smallest absolute Gasteiger partial charge is 0.253 e. The molecule has 0 radical (unpaired) electrons. The third-order valence-corrected chi connectivity index (χ3v) is 4.61. The van der Waals surface area contributed by atoms with Crippen molar-refractivity contribution in [2.24, 2.45) is 0 Å². The van der Waals surface area contributed by atoms with Gasteiger partial charge < -0.3 is 4.90 Å². The number of benzene rings is 1. The third kappa shape index (κ3) is 3.42. The molecule has 128 valence electrons. The lowest BCUT2D eigenvalue weighted by Gasteiger charge is -2.32. The van der Waals surface area contributed by atoms with E-state index in [0.29, 0.717) is 18.0 Å². The van der Waals surface area contributed by atoms with Crippen LogP contribution < -0.4 is 0 Å². The minimum Gasteiger partial charge on any atom is -0.338 e. The van der Waals surface area contributed by atoms with Crippen LogP contribution in [0.5, 0.6) is 0 Å². The fourth-order valence-electron chi connectivity index (χ4n) is 3.28. The molecule has 4 rings (SSSR count). The van der Waals surface area contributed by atoms with Crippen molar-refractivity contribution >= 4 is 5.91 Å². The van der Waals surface area contributed by atoms with Crippen LogP contribution >= 0.6 is 0 Å². The monoisotopic (exact) mass is 337 g/mol. The van der Waals surface area contributed by atoms with Gasteiger partial charge in [-0.3, -0.25) is 9.89 Å². The molecule has 0 bridgehead atoms. The third-order valence-electron chi connectivity index (χ3n) is 4.61. The van der Waals surface area contributed by atoms with Gasteiger partial charge in [-0.1, -0.05) is 12.1 Å². The highest BCUT2D eigenvalue weighted by Crippen LogP contribution is 2.26. The number of likely N-dealkylation sites (tertiary alicyclic amines) is 1. The first-order valence-electron chi connectivity index (χ1n) is 8.38. The maximum atomic E-state index is 12.8. The maximum Gasteiger partial charge on any atom is 0.253 e. The Morgan fingerprint density at radius 1 is 1.24 bits per heavy atom. The minimum atomic E-state index is 0.0817. The molecule has 0 aliphatic carbocycles. The van der Waals surface area contributed by atoms with E-state index in [1.165, 1.54) is 0 Å². The van der Waals surface area contributed by atoms with E-state index in [-0.39, 0.29) is 5.91 Å². The molecule has 1 aliphatic heterocycles. The Labute approximate surface area is 144 Å². The average Bonchev–Trinajstić information content (AvgIpc) is 3.36. The lowest BCUT2D eigenvalue weighted by Crippen LogP contribution is -2.39. The molecular formula is C17H19N7O. The SMILES string of the molecule is O=C(c1ccc(Cn2cnnn2)cc1)N1CCC[C@@H](c2ccn[nH]2)C1. The number of carbonyl (C=O) groups is 1. The van der Waals surface area contributed by atoms with E-state index in [4.69, 9.17) is 0 Å². The molecule has 1 aliphatic rings. The molecular weight excluding hydrogens is 318 g/mol. The van der Waals surface area contributed by atoms with Crippen LogP contribution in [0.3, 0.4) is 0 Å². The number of H-pyrrole nitrogens is 1. The normalized spacial score (nSPS) is 17.6. The van der Waals surface area contributed by atoms with Crippen molar-refractivity contribution in [2.75, 3.05) is 13.1 Å². The average molecular weight is 337 g/mol. The first kappa shape index (κ1) is 15.5. The number of aromatic nitrogens is 6. The Bertz CT molecular complexity index is 811. The quantitative estimate of drug-likeness (QED) is 0.778. The van der Waals surface area contributed by atoms with Crippen molar-refractivity contribution in [3.05, 3.63) is 59.7 Å². The van der Waals surface area contributed by atoms with E-state index in [9.17, 15) is 4.79 Å². The predicted octanol–water partition coefficient (Wildman–Crippen LogP) is 1.46. The van der Waals surface area contributed by atoms with Gasteiger partial charge in [0, 0.05) is 36.5 Å². The van der Waals surface area contributed by atoms with Crippen LogP contribution in [0.2, 0.25) is 0 Å². The molecule has 1 saturated heterocycles. The maximum absolute atomic E-state index is 12.8. The molecule has 3 heterocycles. The van der Waals surface area contributed by atoms with E-state index in [1.807, 2.05) is 35.2 Å². The van der Waals surface area contributed by atoms with E-state index in [1.54, 1.807) is 17.2 Å². The number of nitrogens with one attached hydrogen (secondary N) is 1. The molecule has 1 N–H and O–H groups in total. The van der Waals surface area contributed by atoms with Crippen molar-refractivity contribution in [2.45, 2.75) is 25.3 Å². The first-order chi connectivity index (χ1) is 12.3. The second kappa shape index (κ2) is 6.84. The van der Waals surface area contributed by atoms with Gasteiger partial charge >= 0.3 is 0 Å². The zero-order valence-electron chi connectivity index (χ0n) is 13.7. The van der Waals surface area contributed by atoms with Gasteiger partial charge in [0.05, 0.1) is 6.54 Å². The first-order valence-corrected chi connectivity index (χ1v) is 8.38. The molecule has 3 aromatic rings. The van der Waals surface area contributed by atoms with Gasteiger partial charge in [0.25, 0.3) is 5.91 Å². The summed E-state index contributed by atoms with van der Waals surface area (Å²) in [5.74, 6) is 0.414. The number of hydrogen-bond donors (Lipinski definition) is 1. The molecule has 0 saturated carbocycles. The Balaban J connectivity index is 1.43. The van der Waals surface area contributed by atoms with Crippen LogP contribution in [0.25, 0.3) is 0 Å². The summed E-state index contributed by atoms with van der Waals surface area (Å²) in [6.07, 6.45) is 5.42. The number of tetrazole rings is 1. The summed E-state index contributed by atoms with van der Waals surface area (Å²) in [6.45, 7) is 2.12. The Morgan fingerprint density at radius 3 is 2.84 bits per heavy atom. The number of carbonyl (C=O) groups excluding carboxylic acids is 1. The Hall–Kier alpha value is -3.03. The van der Waals surface area contributed by atoms with Gasteiger partial charge in [-0.25, -0.2) is 4.68 Å². The molecule has 1 amide bonds. The lowest BCUT2D eigenvalue weighted by molar-refractivity contribution is 0.0706. The minimum absolute atomic E-state index is 0.0817. The van der Waals surface area contributed by atoms with Crippen molar-refractivity contribution in [3.8, 4) is 0 Å². The molecule has 1 atom stereocenters.